The standard InChI is InChI=1S/C14H16N4S/c1-2-4-13-16-14(19)18(17-13)10-3-5-11-6-8-12(15)9-7-11/h3,5-10,15H,2,4H2,1H3,(H,16,17,19)/p+1. The first kappa shape index (κ1) is 13.4. The monoisotopic (exact) mass is 273 g/mol. The molecule has 0 radical (unpaired) electrons. The predicted molar refractivity (Wildman–Crippen MR) is 84.3 cm³/mol. The fourth-order valence-corrected chi connectivity index (χ4v) is 1.89. The number of nitrogens with two attached hydrogens (primary N) is 1. The van der Waals surface area contributed by atoms with Gasteiger partial charge in [0.15, 0.2) is 0 Å². The Labute approximate surface area is 118 Å². The zero-order valence-electron chi connectivity index (χ0n) is 10.8. The maximum Gasteiger partial charge on any atom is 0.418 e. The zero-order chi connectivity index (χ0) is 13.7. The summed E-state index contributed by atoms with van der Waals surface area (Å²) in [5.41, 5.74) is 10.6. The maximum atomic E-state index is 5.63. The van der Waals surface area contributed by atoms with Crippen LogP contribution in [0.4, 0.5) is 5.69 Å². The van der Waals surface area contributed by atoms with Crippen molar-refractivity contribution >= 4 is 41.1 Å². The number of amidine groups is 1. The van der Waals surface area contributed by atoms with Crippen LogP contribution in [0, 0.1) is 0 Å². The summed E-state index contributed by atoms with van der Waals surface area (Å²) in [4.78, 5) is 4.28. The van der Waals surface area contributed by atoms with E-state index in [0.29, 0.717) is 5.11 Å². The highest BCUT2D eigenvalue weighted by Gasteiger charge is 2.24. The van der Waals surface area contributed by atoms with Crippen molar-refractivity contribution in [3.8, 4) is 0 Å². The molecule has 0 unspecified atom stereocenters. The average molecular weight is 273 g/mol. The molecule has 0 aliphatic carbocycles. The van der Waals surface area contributed by atoms with Gasteiger partial charge in [0.25, 0.3) is 5.84 Å². The number of hydrazone groups is 1. The Kier molecular flexibility index (Phi) is 4.41. The van der Waals surface area contributed by atoms with Crippen LogP contribution < -0.4 is 11.2 Å². The molecule has 3 N–H and O–H groups in total. The van der Waals surface area contributed by atoms with E-state index in [-0.39, 0.29) is 0 Å². The van der Waals surface area contributed by atoms with Gasteiger partial charge in [-0.3, -0.25) is 0 Å². The summed E-state index contributed by atoms with van der Waals surface area (Å²) in [6.45, 7) is 2.11. The summed E-state index contributed by atoms with van der Waals surface area (Å²) < 4.78 is 1.74. The Morgan fingerprint density at radius 1 is 1.37 bits per heavy atom. The molecule has 1 aliphatic heterocycles. The van der Waals surface area contributed by atoms with E-state index in [9.17, 15) is 0 Å². The second-order valence-corrected chi connectivity index (χ2v) is 4.61. The van der Waals surface area contributed by atoms with E-state index in [2.05, 4.69) is 17.3 Å². The molecule has 4 nitrogen and oxygen atoms in total. The summed E-state index contributed by atoms with van der Waals surface area (Å²) in [6.07, 6.45) is 7.73. The average Bonchev–Trinajstić information content (AvgIpc) is 2.73. The molecule has 5 heteroatoms. The smallest absolute Gasteiger partial charge is 0.399 e. The highest BCUT2D eigenvalue weighted by molar-refractivity contribution is 7.80. The van der Waals surface area contributed by atoms with Gasteiger partial charge in [-0.1, -0.05) is 25.1 Å². The number of rotatable bonds is 4. The number of hydrazine groups is 1. The number of nitrogen functional groups attached to an aromatic ring is 1. The van der Waals surface area contributed by atoms with Crippen LogP contribution in [0.15, 0.2) is 35.3 Å². The summed E-state index contributed by atoms with van der Waals surface area (Å²) >= 11 is 5.17. The van der Waals surface area contributed by atoms with Crippen LogP contribution >= 0.6 is 12.2 Å². The topological polar surface area (TPSA) is 53.4 Å². The Morgan fingerprint density at radius 2 is 2.11 bits per heavy atom. The van der Waals surface area contributed by atoms with Crippen LogP contribution in [-0.4, -0.2) is 21.8 Å². The maximum absolute atomic E-state index is 5.63. The number of hydrogen-bond acceptors (Lipinski definition) is 3. The Bertz CT molecular complexity index is 555. The van der Waals surface area contributed by atoms with Gasteiger partial charge < -0.3 is 5.73 Å². The highest BCUT2D eigenvalue weighted by atomic mass is 32.1. The van der Waals surface area contributed by atoms with Crippen molar-refractivity contribution in [2.75, 3.05) is 5.73 Å². The first-order chi connectivity index (χ1) is 9.19. The van der Waals surface area contributed by atoms with Crippen molar-refractivity contribution < 1.29 is 4.68 Å². The van der Waals surface area contributed by atoms with E-state index >= 15 is 0 Å². The van der Waals surface area contributed by atoms with Crippen LogP contribution in [0.2, 0.25) is 0 Å². The van der Waals surface area contributed by atoms with Gasteiger partial charge in [-0.15, -0.1) is 4.68 Å². The van der Waals surface area contributed by atoms with Crippen molar-refractivity contribution in [1.29, 1.82) is 0 Å². The van der Waals surface area contributed by atoms with E-state index < -0.39 is 0 Å². The largest absolute Gasteiger partial charge is 0.418 e. The molecule has 0 saturated carbocycles. The molecule has 98 valence electrons. The quantitative estimate of drug-likeness (QED) is 0.503. The molecule has 19 heavy (non-hydrogen) atoms. The van der Waals surface area contributed by atoms with Gasteiger partial charge in [-0.25, -0.2) is 0 Å². The molecule has 1 aromatic carbocycles. The van der Waals surface area contributed by atoms with Gasteiger partial charge in [0.05, 0.1) is 0 Å². The number of benzene rings is 1. The Hall–Kier alpha value is -2.01. The third-order valence-corrected chi connectivity index (χ3v) is 2.92. The van der Waals surface area contributed by atoms with Crippen LogP contribution in [-0.2, 0) is 0 Å². The first-order valence-corrected chi connectivity index (χ1v) is 6.64. The molecule has 0 amide bonds. The molecule has 0 spiro atoms. The molecule has 0 fully saturated rings. The SMILES string of the molecule is CCCC1=NC(=S)[N+](=CC=Cc2ccc(N)cc2)N1. The van der Waals surface area contributed by atoms with Gasteiger partial charge in [0, 0.05) is 24.3 Å². The molecular formula is C14H17N4S+. The lowest BCUT2D eigenvalue weighted by Crippen LogP contribution is -2.29. The van der Waals surface area contributed by atoms with Crippen LogP contribution in [0.1, 0.15) is 25.3 Å². The third-order valence-electron chi connectivity index (χ3n) is 2.63. The summed E-state index contributed by atoms with van der Waals surface area (Å²) in [7, 11) is 0. The van der Waals surface area contributed by atoms with E-state index in [1.54, 1.807) is 4.68 Å². The highest BCUT2D eigenvalue weighted by Crippen LogP contribution is 2.06. The minimum atomic E-state index is 0.547. The van der Waals surface area contributed by atoms with Gasteiger partial charge in [-0.2, -0.15) is 5.43 Å². The molecule has 1 heterocycles. The predicted octanol–water partition coefficient (Wildman–Crippen LogP) is 2.37. The van der Waals surface area contributed by atoms with Crippen molar-refractivity contribution in [3.05, 3.63) is 35.9 Å². The number of thiocarbonyl (C=S) groups is 1. The van der Waals surface area contributed by atoms with Gasteiger partial charge in [0.1, 0.15) is 6.21 Å². The number of hydrogen-bond donors (Lipinski definition) is 2. The molecule has 1 aromatic rings. The summed E-state index contributed by atoms with van der Waals surface area (Å²) in [5, 5.41) is 0.547. The summed E-state index contributed by atoms with van der Waals surface area (Å²) in [5.74, 6) is 0.921. The number of allylic oxidation sites excluding steroid dienone is 1. The minimum Gasteiger partial charge on any atom is -0.399 e. The van der Waals surface area contributed by atoms with Gasteiger partial charge in [0.2, 0.25) is 0 Å². The molecule has 0 atom stereocenters. The minimum absolute atomic E-state index is 0.547. The molecule has 0 saturated heterocycles. The van der Waals surface area contributed by atoms with Crippen LogP contribution in [0.5, 0.6) is 0 Å². The van der Waals surface area contributed by atoms with Gasteiger partial charge in [-0.05, 0) is 35.2 Å². The summed E-state index contributed by atoms with van der Waals surface area (Å²) in [6, 6.07) is 7.69. The normalized spacial score (nSPS) is 17.0. The van der Waals surface area contributed by atoms with E-state index in [0.717, 1.165) is 29.9 Å². The van der Waals surface area contributed by atoms with Crippen molar-refractivity contribution in [1.82, 2.24) is 5.43 Å². The third kappa shape index (κ3) is 3.72. The lowest BCUT2D eigenvalue weighted by atomic mass is 10.2. The van der Waals surface area contributed by atoms with E-state index in [1.807, 2.05) is 42.6 Å². The van der Waals surface area contributed by atoms with E-state index in [4.69, 9.17) is 18.0 Å². The molecular weight excluding hydrogens is 256 g/mol. The fourth-order valence-electron chi connectivity index (χ4n) is 1.68. The van der Waals surface area contributed by atoms with Crippen LogP contribution in [0.3, 0.4) is 0 Å². The van der Waals surface area contributed by atoms with E-state index in [1.165, 1.54) is 0 Å². The van der Waals surface area contributed by atoms with Crippen molar-refractivity contribution in [3.63, 3.8) is 0 Å². The first-order valence-electron chi connectivity index (χ1n) is 6.23. The molecule has 0 aromatic heterocycles. The zero-order valence-corrected chi connectivity index (χ0v) is 11.7. The number of anilines is 1. The van der Waals surface area contributed by atoms with Gasteiger partial charge >= 0.3 is 5.11 Å². The number of nitrogens with zero attached hydrogens (tertiary/aromatic N) is 2. The number of aliphatic imine (C=N–C) groups is 1. The molecule has 2 rings (SSSR count). The fraction of sp³-hybridized carbons (Fsp3) is 0.214. The van der Waals surface area contributed by atoms with Crippen molar-refractivity contribution in [2.24, 2.45) is 4.99 Å². The Morgan fingerprint density at radius 3 is 2.79 bits per heavy atom. The lowest BCUT2D eigenvalue weighted by Gasteiger charge is -1.95. The second-order valence-electron chi connectivity index (χ2n) is 4.25. The Balaban J connectivity index is 2.00. The van der Waals surface area contributed by atoms with Crippen molar-refractivity contribution in [2.45, 2.75) is 19.8 Å². The molecule has 1 aliphatic rings. The molecule has 0 bridgehead atoms. The lowest BCUT2D eigenvalue weighted by molar-refractivity contribution is -0.441. The second kappa shape index (κ2) is 6.24. The van der Waals surface area contributed by atoms with Crippen LogP contribution in [0.25, 0.3) is 6.08 Å². The number of nitrogens with one attached hydrogen (secondary N) is 1.